The lowest BCUT2D eigenvalue weighted by molar-refractivity contribution is -0.116. The quantitative estimate of drug-likeness (QED) is 0.716. The monoisotopic (exact) mass is 417 g/mol. The summed E-state index contributed by atoms with van der Waals surface area (Å²) in [4.78, 5) is 25.6. The van der Waals surface area contributed by atoms with E-state index in [0.29, 0.717) is 23.4 Å². The number of carbonyl (C=O) groups is 2. The zero-order valence-electron chi connectivity index (χ0n) is 17.2. The minimum atomic E-state index is -3.45. The van der Waals surface area contributed by atoms with Crippen LogP contribution in [-0.4, -0.2) is 52.0 Å². The lowest BCUT2D eigenvalue weighted by Crippen LogP contribution is -2.32. The van der Waals surface area contributed by atoms with E-state index >= 15 is 0 Å². The Morgan fingerprint density at radius 3 is 2.17 bits per heavy atom. The van der Waals surface area contributed by atoms with E-state index < -0.39 is 10.0 Å². The normalized spacial score (nSPS) is 11.0. The van der Waals surface area contributed by atoms with Crippen molar-refractivity contribution in [1.82, 2.24) is 4.90 Å². The predicted octanol–water partition coefficient (Wildman–Crippen LogP) is 2.88. The van der Waals surface area contributed by atoms with Crippen LogP contribution in [0.3, 0.4) is 0 Å². The zero-order valence-corrected chi connectivity index (χ0v) is 18.0. The Labute approximate surface area is 172 Å². The second-order valence-corrected chi connectivity index (χ2v) is 8.96. The maximum Gasteiger partial charge on any atom is 0.253 e. The average molecular weight is 418 g/mol. The molecule has 1 N–H and O–H groups in total. The number of para-hydroxylation sites is 1. The van der Waals surface area contributed by atoms with Crippen molar-refractivity contribution < 1.29 is 18.0 Å². The Bertz CT molecular complexity index is 970. The molecule has 0 bridgehead atoms. The van der Waals surface area contributed by atoms with Crippen molar-refractivity contribution in [2.45, 2.75) is 19.8 Å². The summed E-state index contributed by atoms with van der Waals surface area (Å²) in [7, 11) is -0.101. The van der Waals surface area contributed by atoms with Gasteiger partial charge in [-0.1, -0.05) is 18.2 Å². The standard InChI is InChI=1S/C21H27N3O4S/c1-16-8-5-6-9-19(16)24(29(4,27)28)15-7-10-20(25)22-18-13-11-17(12-14-18)21(26)23(2)3/h5-6,8-9,11-14H,7,10,15H2,1-4H3,(H,22,25). The Kier molecular flexibility index (Phi) is 7.39. The Morgan fingerprint density at radius 1 is 1.00 bits per heavy atom. The molecular formula is C21H27N3O4S. The van der Waals surface area contributed by atoms with Crippen molar-refractivity contribution in [3.8, 4) is 0 Å². The summed E-state index contributed by atoms with van der Waals surface area (Å²) in [5, 5.41) is 2.77. The van der Waals surface area contributed by atoms with Crippen LogP contribution in [0.2, 0.25) is 0 Å². The summed E-state index contributed by atoms with van der Waals surface area (Å²) in [6.45, 7) is 2.07. The van der Waals surface area contributed by atoms with E-state index in [4.69, 9.17) is 0 Å². The molecule has 2 rings (SSSR count). The van der Waals surface area contributed by atoms with Gasteiger partial charge in [-0.2, -0.15) is 0 Å². The molecule has 0 aliphatic carbocycles. The van der Waals surface area contributed by atoms with Crippen LogP contribution < -0.4 is 9.62 Å². The van der Waals surface area contributed by atoms with Gasteiger partial charge in [0.15, 0.2) is 0 Å². The molecule has 0 radical (unpaired) electrons. The highest BCUT2D eigenvalue weighted by Gasteiger charge is 2.19. The lowest BCUT2D eigenvalue weighted by atomic mass is 10.2. The third-order valence-corrected chi connectivity index (χ3v) is 5.55. The fourth-order valence-corrected chi connectivity index (χ4v) is 3.89. The number of nitrogens with one attached hydrogen (secondary N) is 1. The van der Waals surface area contributed by atoms with Gasteiger partial charge in [0.25, 0.3) is 5.91 Å². The summed E-state index contributed by atoms with van der Waals surface area (Å²) < 4.78 is 25.7. The van der Waals surface area contributed by atoms with Gasteiger partial charge in [-0.05, 0) is 49.2 Å². The minimum absolute atomic E-state index is 0.111. The smallest absolute Gasteiger partial charge is 0.253 e. The van der Waals surface area contributed by atoms with Gasteiger partial charge >= 0.3 is 0 Å². The first-order chi connectivity index (χ1) is 13.6. The molecule has 0 aliphatic heterocycles. The van der Waals surface area contributed by atoms with Crippen molar-refractivity contribution in [2.75, 3.05) is 36.5 Å². The molecule has 0 spiro atoms. The van der Waals surface area contributed by atoms with E-state index in [1.165, 1.54) is 9.21 Å². The largest absolute Gasteiger partial charge is 0.345 e. The summed E-state index contributed by atoms with van der Waals surface area (Å²) in [5.74, 6) is -0.324. The van der Waals surface area contributed by atoms with Gasteiger partial charge in [0.1, 0.15) is 0 Å². The van der Waals surface area contributed by atoms with E-state index in [0.717, 1.165) is 11.8 Å². The van der Waals surface area contributed by atoms with Crippen molar-refractivity contribution >= 4 is 33.2 Å². The molecule has 0 aliphatic rings. The van der Waals surface area contributed by atoms with Crippen LogP contribution in [0.5, 0.6) is 0 Å². The maximum absolute atomic E-state index is 12.2. The van der Waals surface area contributed by atoms with Gasteiger partial charge in [-0.15, -0.1) is 0 Å². The van der Waals surface area contributed by atoms with E-state index in [1.807, 2.05) is 19.1 Å². The number of nitrogens with zero attached hydrogens (tertiary/aromatic N) is 2. The molecular weight excluding hydrogens is 390 g/mol. The molecule has 0 fully saturated rings. The zero-order chi connectivity index (χ0) is 21.6. The fraction of sp³-hybridized carbons (Fsp3) is 0.333. The predicted molar refractivity (Wildman–Crippen MR) is 116 cm³/mol. The van der Waals surface area contributed by atoms with Crippen LogP contribution >= 0.6 is 0 Å². The SMILES string of the molecule is Cc1ccccc1N(CCCC(=O)Nc1ccc(C(=O)N(C)C)cc1)S(C)(=O)=O. The van der Waals surface area contributed by atoms with Gasteiger partial charge in [0.2, 0.25) is 15.9 Å². The molecule has 0 heterocycles. The highest BCUT2D eigenvalue weighted by molar-refractivity contribution is 7.92. The van der Waals surface area contributed by atoms with Gasteiger partial charge in [-0.3, -0.25) is 13.9 Å². The number of amides is 2. The van der Waals surface area contributed by atoms with Crippen molar-refractivity contribution in [3.05, 3.63) is 59.7 Å². The molecule has 0 saturated carbocycles. The Hall–Kier alpha value is -2.87. The Balaban J connectivity index is 1.94. The van der Waals surface area contributed by atoms with Gasteiger partial charge < -0.3 is 10.2 Å². The number of hydrogen-bond donors (Lipinski definition) is 1. The molecule has 8 heteroatoms. The summed E-state index contributed by atoms with van der Waals surface area (Å²) in [6, 6.07) is 13.9. The van der Waals surface area contributed by atoms with Gasteiger partial charge in [0.05, 0.1) is 11.9 Å². The molecule has 0 saturated heterocycles. The third-order valence-electron chi connectivity index (χ3n) is 4.37. The summed E-state index contributed by atoms with van der Waals surface area (Å²) in [5.41, 5.74) is 2.60. The molecule has 156 valence electrons. The number of sulfonamides is 1. The van der Waals surface area contributed by atoms with E-state index in [2.05, 4.69) is 5.32 Å². The second kappa shape index (κ2) is 9.56. The average Bonchev–Trinajstić information content (AvgIpc) is 2.65. The molecule has 2 aromatic rings. The second-order valence-electron chi connectivity index (χ2n) is 7.05. The maximum atomic E-state index is 12.2. The highest BCUT2D eigenvalue weighted by atomic mass is 32.2. The summed E-state index contributed by atoms with van der Waals surface area (Å²) in [6.07, 6.45) is 1.72. The highest BCUT2D eigenvalue weighted by Crippen LogP contribution is 2.22. The first kappa shape index (κ1) is 22.4. The van der Waals surface area contributed by atoms with Crippen molar-refractivity contribution in [1.29, 1.82) is 0 Å². The number of aryl methyl sites for hydroxylation is 1. The van der Waals surface area contributed by atoms with Gasteiger partial charge in [0, 0.05) is 38.3 Å². The third kappa shape index (κ3) is 6.32. The Morgan fingerprint density at radius 2 is 1.62 bits per heavy atom. The molecule has 29 heavy (non-hydrogen) atoms. The molecule has 0 aromatic heterocycles. The van der Waals surface area contributed by atoms with Crippen LogP contribution in [0.25, 0.3) is 0 Å². The number of carbonyl (C=O) groups excluding carboxylic acids is 2. The van der Waals surface area contributed by atoms with Crippen LogP contribution in [0, 0.1) is 6.92 Å². The van der Waals surface area contributed by atoms with E-state index in [-0.39, 0.29) is 24.8 Å². The van der Waals surface area contributed by atoms with Gasteiger partial charge in [-0.25, -0.2) is 8.42 Å². The molecule has 2 aromatic carbocycles. The van der Waals surface area contributed by atoms with Crippen LogP contribution in [0.4, 0.5) is 11.4 Å². The molecule has 0 atom stereocenters. The topological polar surface area (TPSA) is 86.8 Å². The molecule has 0 unspecified atom stereocenters. The number of anilines is 2. The first-order valence-electron chi connectivity index (χ1n) is 9.24. The number of rotatable bonds is 8. The first-order valence-corrected chi connectivity index (χ1v) is 11.1. The van der Waals surface area contributed by atoms with E-state index in [9.17, 15) is 18.0 Å². The van der Waals surface area contributed by atoms with E-state index in [1.54, 1.807) is 50.5 Å². The van der Waals surface area contributed by atoms with Crippen molar-refractivity contribution in [2.24, 2.45) is 0 Å². The fourth-order valence-electron chi connectivity index (χ4n) is 2.87. The summed E-state index contributed by atoms with van der Waals surface area (Å²) >= 11 is 0. The molecule has 2 amide bonds. The van der Waals surface area contributed by atoms with Crippen LogP contribution in [-0.2, 0) is 14.8 Å². The minimum Gasteiger partial charge on any atom is -0.345 e. The lowest BCUT2D eigenvalue weighted by Gasteiger charge is -2.24. The van der Waals surface area contributed by atoms with Crippen LogP contribution in [0.15, 0.2) is 48.5 Å². The number of hydrogen-bond acceptors (Lipinski definition) is 4. The number of benzene rings is 2. The van der Waals surface area contributed by atoms with Crippen molar-refractivity contribution in [3.63, 3.8) is 0 Å². The van der Waals surface area contributed by atoms with Crippen LogP contribution in [0.1, 0.15) is 28.8 Å². The molecule has 7 nitrogen and oxygen atoms in total.